The highest BCUT2D eigenvalue weighted by Crippen LogP contribution is 2.36. The number of nitriles is 1. The van der Waals surface area contributed by atoms with E-state index in [9.17, 15) is 5.26 Å². The summed E-state index contributed by atoms with van der Waals surface area (Å²) in [5.41, 5.74) is 5.94. The van der Waals surface area contributed by atoms with E-state index in [1.165, 1.54) is 11.4 Å². The normalized spacial score (nSPS) is 17.4. The third-order valence-corrected chi connectivity index (χ3v) is 6.14. The lowest BCUT2D eigenvalue weighted by Gasteiger charge is -2.28. The number of hydrogen-bond donors (Lipinski definition) is 0. The Morgan fingerprint density at radius 2 is 1.96 bits per heavy atom. The Kier molecular flexibility index (Phi) is 4.42. The third kappa shape index (κ3) is 2.74. The summed E-state index contributed by atoms with van der Waals surface area (Å²) in [5, 5.41) is 9.79. The van der Waals surface area contributed by atoms with Crippen LogP contribution in [0.4, 0.5) is 5.82 Å². The van der Waals surface area contributed by atoms with Crippen molar-refractivity contribution in [3.05, 3.63) is 41.0 Å². The van der Waals surface area contributed by atoms with Crippen LogP contribution in [0.3, 0.4) is 0 Å². The molecule has 0 bridgehead atoms. The summed E-state index contributed by atoms with van der Waals surface area (Å²) in [7, 11) is 0. The molecule has 6 heteroatoms. The van der Waals surface area contributed by atoms with Crippen molar-refractivity contribution < 1.29 is 4.74 Å². The van der Waals surface area contributed by atoms with Crippen LogP contribution in [0.25, 0.3) is 16.7 Å². The Morgan fingerprint density at radius 3 is 2.79 bits per heavy atom. The summed E-state index contributed by atoms with van der Waals surface area (Å²) in [5.74, 6) is 1.24. The summed E-state index contributed by atoms with van der Waals surface area (Å²) in [6.07, 6.45) is 2.13. The van der Waals surface area contributed by atoms with Gasteiger partial charge in [-0.1, -0.05) is 12.1 Å². The number of pyridine rings is 1. The van der Waals surface area contributed by atoms with Crippen LogP contribution in [0.2, 0.25) is 0 Å². The summed E-state index contributed by atoms with van der Waals surface area (Å²) in [6, 6.07) is 10.6. The molecule has 6 nitrogen and oxygen atoms in total. The highest BCUT2D eigenvalue weighted by molar-refractivity contribution is 5.86. The average Bonchev–Trinajstić information content (AvgIpc) is 3.31. The number of nitrogens with zero attached hydrogens (tertiary/aromatic N) is 5. The molecule has 0 amide bonds. The van der Waals surface area contributed by atoms with Crippen LogP contribution in [0, 0.1) is 18.3 Å². The van der Waals surface area contributed by atoms with Crippen molar-refractivity contribution in [2.45, 2.75) is 19.8 Å². The predicted octanol–water partition coefficient (Wildman–Crippen LogP) is 2.75. The number of imidazole rings is 1. The van der Waals surface area contributed by atoms with Gasteiger partial charge in [-0.15, -0.1) is 0 Å². The van der Waals surface area contributed by atoms with Crippen LogP contribution in [-0.4, -0.2) is 60.2 Å². The zero-order valence-electron chi connectivity index (χ0n) is 16.3. The molecule has 1 fully saturated rings. The van der Waals surface area contributed by atoms with E-state index in [1.54, 1.807) is 0 Å². The van der Waals surface area contributed by atoms with Gasteiger partial charge in [-0.05, 0) is 43.0 Å². The number of morpholine rings is 1. The predicted molar refractivity (Wildman–Crippen MR) is 110 cm³/mol. The lowest BCUT2D eigenvalue weighted by molar-refractivity contribution is 0.0376. The molecule has 0 N–H and O–H groups in total. The van der Waals surface area contributed by atoms with Gasteiger partial charge in [0.2, 0.25) is 0 Å². The maximum absolute atomic E-state index is 9.79. The zero-order chi connectivity index (χ0) is 19.1. The van der Waals surface area contributed by atoms with Crippen molar-refractivity contribution in [2.24, 2.45) is 0 Å². The minimum absolute atomic E-state index is 0.713. The number of hydrogen-bond acceptors (Lipinski definition) is 5. The molecule has 2 aliphatic rings. The van der Waals surface area contributed by atoms with Gasteiger partial charge >= 0.3 is 0 Å². The molecule has 0 saturated carbocycles. The molecule has 3 aromatic rings. The first-order valence-electron chi connectivity index (χ1n) is 10.2. The first-order valence-corrected chi connectivity index (χ1v) is 10.2. The SMILES string of the molecule is Cc1c2c(n3c(nc4ccccc43)c1C#N)N(CCCN1CCOCC1)CC2. The Hall–Kier alpha value is -2.62. The average molecular weight is 375 g/mol. The second-order valence-electron chi connectivity index (χ2n) is 7.72. The monoisotopic (exact) mass is 375 g/mol. The van der Waals surface area contributed by atoms with Crippen LogP contribution in [0.1, 0.15) is 23.1 Å². The fraction of sp³-hybridized carbons (Fsp3) is 0.455. The van der Waals surface area contributed by atoms with Crippen LogP contribution in [0.15, 0.2) is 24.3 Å². The van der Waals surface area contributed by atoms with Crippen LogP contribution < -0.4 is 4.90 Å². The van der Waals surface area contributed by atoms with Crippen molar-refractivity contribution in [1.29, 1.82) is 5.26 Å². The van der Waals surface area contributed by atoms with Gasteiger partial charge in [-0.25, -0.2) is 4.98 Å². The van der Waals surface area contributed by atoms with Crippen molar-refractivity contribution in [3.63, 3.8) is 0 Å². The Bertz CT molecular complexity index is 1070. The largest absolute Gasteiger partial charge is 0.379 e. The van der Waals surface area contributed by atoms with E-state index in [0.29, 0.717) is 5.56 Å². The quantitative estimate of drug-likeness (QED) is 0.702. The smallest absolute Gasteiger partial charge is 0.157 e. The van der Waals surface area contributed by atoms with E-state index in [-0.39, 0.29) is 0 Å². The first-order chi connectivity index (χ1) is 13.8. The maximum atomic E-state index is 9.79. The Morgan fingerprint density at radius 1 is 1.14 bits per heavy atom. The molecule has 0 unspecified atom stereocenters. The van der Waals surface area contributed by atoms with E-state index in [1.807, 2.05) is 18.2 Å². The molecule has 144 valence electrons. The highest BCUT2D eigenvalue weighted by Gasteiger charge is 2.28. The molecule has 2 aliphatic heterocycles. The minimum atomic E-state index is 0.713. The minimum Gasteiger partial charge on any atom is -0.379 e. The van der Waals surface area contributed by atoms with Gasteiger partial charge in [0, 0.05) is 32.7 Å². The number of benzene rings is 1. The van der Waals surface area contributed by atoms with Crippen molar-refractivity contribution in [2.75, 3.05) is 50.8 Å². The van der Waals surface area contributed by atoms with Crippen LogP contribution >= 0.6 is 0 Å². The van der Waals surface area contributed by atoms with E-state index in [4.69, 9.17) is 9.72 Å². The maximum Gasteiger partial charge on any atom is 0.157 e. The van der Waals surface area contributed by atoms with Crippen molar-refractivity contribution in [1.82, 2.24) is 14.3 Å². The summed E-state index contributed by atoms with van der Waals surface area (Å²) < 4.78 is 7.67. The van der Waals surface area contributed by atoms with Crippen LogP contribution in [-0.2, 0) is 11.2 Å². The molecular weight excluding hydrogens is 350 g/mol. The second kappa shape index (κ2) is 7.08. The van der Waals surface area contributed by atoms with Gasteiger partial charge in [0.15, 0.2) is 5.65 Å². The molecule has 0 spiro atoms. The van der Waals surface area contributed by atoms with Crippen molar-refractivity contribution in [3.8, 4) is 6.07 Å². The molecule has 2 aromatic heterocycles. The standard InChI is InChI=1S/C22H25N5O/c1-16-17-7-10-26(9-4-8-25-11-13-28-14-12-25)22(17)27-20-6-3-2-5-19(20)24-21(27)18(16)15-23/h2-3,5-6H,4,7-14H2,1H3. The molecule has 5 rings (SSSR count). The number of anilines is 1. The van der Waals surface area contributed by atoms with E-state index in [0.717, 1.165) is 81.0 Å². The fourth-order valence-electron chi connectivity index (χ4n) is 4.68. The lowest BCUT2D eigenvalue weighted by atomic mass is 10.0. The van der Waals surface area contributed by atoms with Gasteiger partial charge in [0.25, 0.3) is 0 Å². The third-order valence-electron chi connectivity index (χ3n) is 6.14. The Labute approximate surface area is 164 Å². The molecule has 28 heavy (non-hydrogen) atoms. The molecular formula is C22H25N5O. The van der Waals surface area contributed by atoms with Gasteiger partial charge in [0.1, 0.15) is 11.9 Å². The molecule has 0 atom stereocenters. The summed E-state index contributed by atoms with van der Waals surface area (Å²) in [6.45, 7) is 9.00. The van der Waals surface area contributed by atoms with Gasteiger partial charge < -0.3 is 9.64 Å². The number of fused-ring (bicyclic) bond motifs is 5. The number of rotatable bonds is 4. The lowest BCUT2D eigenvalue weighted by Crippen LogP contribution is -2.38. The van der Waals surface area contributed by atoms with Gasteiger partial charge in [0.05, 0.1) is 29.8 Å². The molecule has 0 aliphatic carbocycles. The molecule has 1 aromatic carbocycles. The number of aromatic nitrogens is 2. The highest BCUT2D eigenvalue weighted by atomic mass is 16.5. The van der Waals surface area contributed by atoms with Gasteiger partial charge in [-0.2, -0.15) is 5.26 Å². The fourth-order valence-corrected chi connectivity index (χ4v) is 4.68. The Balaban J connectivity index is 1.53. The van der Waals surface area contributed by atoms with Gasteiger partial charge in [-0.3, -0.25) is 9.30 Å². The number of ether oxygens (including phenoxy) is 1. The molecule has 1 saturated heterocycles. The zero-order valence-corrected chi connectivity index (χ0v) is 16.3. The number of para-hydroxylation sites is 2. The summed E-state index contributed by atoms with van der Waals surface area (Å²) >= 11 is 0. The van der Waals surface area contributed by atoms with E-state index >= 15 is 0 Å². The summed E-state index contributed by atoms with van der Waals surface area (Å²) in [4.78, 5) is 9.79. The van der Waals surface area contributed by atoms with E-state index < -0.39 is 0 Å². The second-order valence-corrected chi connectivity index (χ2v) is 7.72. The van der Waals surface area contributed by atoms with Crippen molar-refractivity contribution >= 4 is 22.5 Å². The van der Waals surface area contributed by atoms with Crippen LogP contribution in [0.5, 0.6) is 0 Å². The molecule has 4 heterocycles. The topological polar surface area (TPSA) is 56.8 Å². The van der Waals surface area contributed by atoms with E-state index in [2.05, 4.69) is 33.3 Å². The first kappa shape index (κ1) is 17.5. The molecule has 0 radical (unpaired) electrons.